The second-order valence-corrected chi connectivity index (χ2v) is 8.50. The summed E-state index contributed by atoms with van der Waals surface area (Å²) < 4.78 is 49.0. The third-order valence-electron chi connectivity index (χ3n) is 2.48. The van der Waals surface area contributed by atoms with Gasteiger partial charge in [-0.25, -0.2) is 21.6 Å². The summed E-state index contributed by atoms with van der Waals surface area (Å²) in [4.78, 5) is -0.350. The smallest absolute Gasteiger partial charge is 0.208 e. The Kier molecular flexibility index (Phi) is 5.37. The molecule has 0 aliphatic carbocycles. The highest BCUT2D eigenvalue weighted by Crippen LogP contribution is 2.19. The predicted octanol–water partition coefficient (Wildman–Crippen LogP) is 2.08. The number of benzene rings is 1. The Morgan fingerprint density at radius 1 is 1.21 bits per heavy atom. The Morgan fingerprint density at radius 2 is 1.79 bits per heavy atom. The second kappa shape index (κ2) is 6.21. The molecule has 1 unspecified atom stereocenters. The zero-order valence-corrected chi connectivity index (χ0v) is 13.0. The van der Waals surface area contributed by atoms with Gasteiger partial charge in [0.15, 0.2) is 0 Å². The van der Waals surface area contributed by atoms with Crippen molar-refractivity contribution in [2.75, 3.05) is 0 Å². The highest BCUT2D eigenvalue weighted by molar-refractivity contribution is 8.13. The molecular weight excluding hydrogens is 310 g/mol. The van der Waals surface area contributed by atoms with Crippen LogP contribution in [-0.4, -0.2) is 22.9 Å². The van der Waals surface area contributed by atoms with Gasteiger partial charge in [0.05, 0.1) is 9.79 Å². The van der Waals surface area contributed by atoms with Crippen molar-refractivity contribution in [2.45, 2.75) is 42.5 Å². The van der Waals surface area contributed by atoms with Gasteiger partial charge in [-0.2, -0.15) is 0 Å². The highest BCUT2D eigenvalue weighted by atomic mass is 35.7. The summed E-state index contributed by atoms with van der Waals surface area (Å²) in [6.07, 6.45) is 1.55. The van der Waals surface area contributed by atoms with Crippen molar-refractivity contribution in [1.82, 2.24) is 4.72 Å². The molecule has 5 nitrogen and oxygen atoms in total. The van der Waals surface area contributed by atoms with Gasteiger partial charge >= 0.3 is 0 Å². The zero-order valence-electron chi connectivity index (χ0n) is 10.6. The van der Waals surface area contributed by atoms with Crippen molar-refractivity contribution in [3.8, 4) is 0 Å². The van der Waals surface area contributed by atoms with E-state index in [1.165, 1.54) is 18.2 Å². The molecule has 0 saturated carbocycles. The zero-order chi connectivity index (χ0) is 14.7. The Balaban J connectivity index is 3.09. The molecule has 108 valence electrons. The minimum Gasteiger partial charge on any atom is -0.208 e. The van der Waals surface area contributed by atoms with Crippen LogP contribution in [0.2, 0.25) is 0 Å². The van der Waals surface area contributed by atoms with E-state index >= 15 is 0 Å². The number of nitrogens with one attached hydrogen (secondary N) is 1. The third kappa shape index (κ3) is 4.76. The van der Waals surface area contributed by atoms with Crippen LogP contribution < -0.4 is 4.72 Å². The van der Waals surface area contributed by atoms with E-state index in [1.54, 1.807) is 6.92 Å². The molecule has 1 aromatic rings. The molecule has 0 aliphatic heterocycles. The predicted molar refractivity (Wildman–Crippen MR) is 74.2 cm³/mol. The van der Waals surface area contributed by atoms with E-state index in [2.05, 4.69) is 4.72 Å². The Morgan fingerprint density at radius 3 is 2.32 bits per heavy atom. The molecule has 0 amide bonds. The van der Waals surface area contributed by atoms with Crippen LogP contribution >= 0.6 is 10.7 Å². The van der Waals surface area contributed by atoms with Crippen LogP contribution in [0.5, 0.6) is 0 Å². The van der Waals surface area contributed by atoms with Gasteiger partial charge in [-0.3, -0.25) is 0 Å². The van der Waals surface area contributed by atoms with E-state index in [9.17, 15) is 16.8 Å². The van der Waals surface area contributed by atoms with E-state index in [4.69, 9.17) is 10.7 Å². The van der Waals surface area contributed by atoms with Gasteiger partial charge < -0.3 is 0 Å². The van der Waals surface area contributed by atoms with Crippen LogP contribution in [0.25, 0.3) is 0 Å². The van der Waals surface area contributed by atoms with E-state index in [-0.39, 0.29) is 15.8 Å². The fraction of sp³-hybridized carbons (Fsp3) is 0.455. The van der Waals surface area contributed by atoms with E-state index in [0.29, 0.717) is 6.42 Å². The van der Waals surface area contributed by atoms with Gasteiger partial charge in [0.1, 0.15) is 0 Å². The fourth-order valence-corrected chi connectivity index (χ4v) is 3.81. The van der Waals surface area contributed by atoms with Gasteiger partial charge in [-0.15, -0.1) is 0 Å². The SMILES string of the molecule is CCCC(C)NS(=O)(=O)c1cccc(S(=O)(=O)Cl)c1. The summed E-state index contributed by atoms with van der Waals surface area (Å²) in [5.41, 5.74) is 0. The van der Waals surface area contributed by atoms with E-state index in [1.807, 2.05) is 6.92 Å². The molecule has 0 aromatic heterocycles. The van der Waals surface area contributed by atoms with Gasteiger partial charge in [-0.1, -0.05) is 19.4 Å². The summed E-state index contributed by atoms with van der Waals surface area (Å²) in [6, 6.07) is 4.74. The van der Waals surface area contributed by atoms with Crippen molar-refractivity contribution in [2.24, 2.45) is 0 Å². The first kappa shape index (κ1) is 16.4. The molecule has 0 aliphatic rings. The van der Waals surface area contributed by atoms with Crippen LogP contribution in [0.3, 0.4) is 0 Å². The maximum absolute atomic E-state index is 12.0. The molecule has 0 heterocycles. The number of halogens is 1. The number of sulfonamides is 1. The molecule has 0 spiro atoms. The molecule has 0 bridgehead atoms. The molecule has 1 aromatic carbocycles. The first-order valence-corrected chi connectivity index (χ1v) is 9.53. The topological polar surface area (TPSA) is 80.3 Å². The fourth-order valence-electron chi connectivity index (χ4n) is 1.62. The van der Waals surface area contributed by atoms with Crippen LogP contribution in [0, 0.1) is 0 Å². The Labute approximate surface area is 118 Å². The van der Waals surface area contributed by atoms with Crippen molar-refractivity contribution in [3.05, 3.63) is 24.3 Å². The van der Waals surface area contributed by atoms with Crippen molar-refractivity contribution in [3.63, 3.8) is 0 Å². The average Bonchev–Trinajstić information content (AvgIpc) is 2.27. The number of hydrogen-bond acceptors (Lipinski definition) is 4. The van der Waals surface area contributed by atoms with Crippen LogP contribution in [0.1, 0.15) is 26.7 Å². The monoisotopic (exact) mass is 325 g/mol. The third-order valence-corrected chi connectivity index (χ3v) is 5.41. The van der Waals surface area contributed by atoms with E-state index < -0.39 is 19.1 Å². The van der Waals surface area contributed by atoms with Gasteiger partial charge in [0.2, 0.25) is 10.0 Å². The maximum Gasteiger partial charge on any atom is 0.261 e. The number of hydrogen-bond donors (Lipinski definition) is 1. The molecule has 19 heavy (non-hydrogen) atoms. The standard InChI is InChI=1S/C11H16ClNO4S2/c1-3-5-9(2)13-19(16,17)11-7-4-6-10(8-11)18(12,14)15/h4,6-9,13H,3,5H2,1-2H3. The molecule has 0 fully saturated rings. The summed E-state index contributed by atoms with van der Waals surface area (Å²) in [5.74, 6) is 0. The summed E-state index contributed by atoms with van der Waals surface area (Å²) in [6.45, 7) is 3.70. The lowest BCUT2D eigenvalue weighted by atomic mass is 10.2. The number of rotatable bonds is 6. The Bertz CT molecular complexity index is 640. The lowest BCUT2D eigenvalue weighted by molar-refractivity contribution is 0.543. The second-order valence-electron chi connectivity index (χ2n) is 4.22. The molecule has 0 radical (unpaired) electrons. The molecule has 0 saturated heterocycles. The van der Waals surface area contributed by atoms with Gasteiger partial charge in [0.25, 0.3) is 9.05 Å². The van der Waals surface area contributed by atoms with Gasteiger partial charge in [0, 0.05) is 16.7 Å². The average molecular weight is 326 g/mol. The van der Waals surface area contributed by atoms with Crippen molar-refractivity contribution >= 4 is 29.8 Å². The van der Waals surface area contributed by atoms with Crippen LogP contribution in [-0.2, 0) is 19.1 Å². The van der Waals surface area contributed by atoms with Gasteiger partial charge in [-0.05, 0) is 31.5 Å². The molecule has 1 atom stereocenters. The summed E-state index contributed by atoms with van der Waals surface area (Å²) >= 11 is 0. The van der Waals surface area contributed by atoms with Crippen molar-refractivity contribution in [1.29, 1.82) is 0 Å². The summed E-state index contributed by atoms with van der Waals surface area (Å²) in [7, 11) is -2.49. The molecule has 1 N–H and O–H groups in total. The minimum atomic E-state index is -3.94. The lowest BCUT2D eigenvalue weighted by Crippen LogP contribution is -2.32. The molecular formula is C11H16ClNO4S2. The lowest BCUT2D eigenvalue weighted by Gasteiger charge is -2.13. The quantitative estimate of drug-likeness (QED) is 0.812. The normalized spacial score (nSPS) is 14.3. The molecule has 8 heteroatoms. The van der Waals surface area contributed by atoms with Crippen LogP contribution in [0.4, 0.5) is 0 Å². The van der Waals surface area contributed by atoms with E-state index in [0.717, 1.165) is 12.5 Å². The largest absolute Gasteiger partial charge is 0.261 e. The molecule has 1 rings (SSSR count). The van der Waals surface area contributed by atoms with Crippen molar-refractivity contribution < 1.29 is 16.8 Å². The first-order valence-electron chi connectivity index (χ1n) is 5.74. The first-order chi connectivity index (χ1) is 8.66. The van der Waals surface area contributed by atoms with Crippen LogP contribution in [0.15, 0.2) is 34.1 Å². The minimum absolute atomic E-state index is 0.114. The maximum atomic E-state index is 12.0. The summed E-state index contributed by atoms with van der Waals surface area (Å²) in [5, 5.41) is 0. The Hall–Kier alpha value is -0.630. The highest BCUT2D eigenvalue weighted by Gasteiger charge is 2.19.